The Bertz CT molecular complexity index is 767. The molecule has 3 atom stereocenters. The molecule has 0 spiro atoms. The zero-order valence-electron chi connectivity index (χ0n) is 16.0. The summed E-state index contributed by atoms with van der Waals surface area (Å²) in [5.74, 6) is -14.2. The number of carboxylic acid groups (broad SMARTS) is 5. The van der Waals surface area contributed by atoms with E-state index in [1.807, 2.05) is 5.32 Å². The van der Waals surface area contributed by atoms with Crippen LogP contribution in [0.5, 0.6) is 0 Å². The van der Waals surface area contributed by atoms with Gasteiger partial charge in [0.05, 0.1) is 12.0 Å². The molecular weight excluding hydrogens is 414 g/mol. The third kappa shape index (κ3) is 3.60. The molecule has 0 aromatic carbocycles. The van der Waals surface area contributed by atoms with E-state index in [0.29, 0.717) is 0 Å². The number of alkyl carbamates (subject to hydrolysis) is 1. The lowest BCUT2D eigenvalue weighted by atomic mass is 9.50. The number of aliphatic carboxylic acids is 5. The molecule has 0 heterocycles. The molecule has 1 amide bonds. The van der Waals surface area contributed by atoms with Gasteiger partial charge in [0.1, 0.15) is 11.7 Å². The summed E-state index contributed by atoms with van der Waals surface area (Å²) in [6.45, 7) is 4.24. The van der Waals surface area contributed by atoms with Crippen molar-refractivity contribution >= 4 is 35.9 Å². The lowest BCUT2D eigenvalue weighted by Gasteiger charge is -2.50. The Balaban J connectivity index is 3.79. The van der Waals surface area contributed by atoms with Crippen molar-refractivity contribution in [2.75, 3.05) is 0 Å². The van der Waals surface area contributed by atoms with Gasteiger partial charge in [0.15, 0.2) is 5.41 Å². The molecule has 0 radical (unpaired) electrons. The summed E-state index contributed by atoms with van der Waals surface area (Å²) >= 11 is 0. The Hall–Kier alpha value is -3.42. The molecule has 1 aliphatic rings. The predicted octanol–water partition coefficient (Wildman–Crippen LogP) is -1.34. The van der Waals surface area contributed by atoms with Crippen LogP contribution in [0.3, 0.4) is 0 Å². The molecule has 1 saturated carbocycles. The molecular formula is C16H21NO13. The van der Waals surface area contributed by atoms with Gasteiger partial charge < -0.3 is 40.7 Å². The standard InChI is InChI=1S/C16H21NO13/c1-14(2,3)30-13(29)17-6-5(8(19)20)4-15(9(21)22,10(23)24)16(7(6)18,11(25)26)12(27)28/h5-7,18H,4H2,1-3H3,(H,17,29)(H,19,20)(H,21,22)(H,23,24)(H,25,26)(H,27,28)/t5?,6-,7+/m0/s1. The molecule has 1 unspecified atom stereocenters. The summed E-state index contributed by atoms with van der Waals surface area (Å²) < 4.78 is 4.87. The minimum atomic E-state index is -3.95. The Morgan fingerprint density at radius 2 is 1.30 bits per heavy atom. The van der Waals surface area contributed by atoms with Crippen molar-refractivity contribution in [2.45, 2.75) is 44.9 Å². The van der Waals surface area contributed by atoms with Gasteiger partial charge in [-0.2, -0.15) is 0 Å². The van der Waals surface area contributed by atoms with Crippen LogP contribution in [0.4, 0.5) is 4.79 Å². The van der Waals surface area contributed by atoms with Crippen LogP contribution >= 0.6 is 0 Å². The highest BCUT2D eigenvalue weighted by Gasteiger charge is 2.79. The fourth-order valence-corrected chi connectivity index (χ4v) is 3.54. The Kier molecular flexibility index (Phi) is 6.38. The van der Waals surface area contributed by atoms with Crippen molar-refractivity contribution in [2.24, 2.45) is 16.7 Å². The van der Waals surface area contributed by atoms with Crippen molar-refractivity contribution in [1.82, 2.24) is 5.32 Å². The molecule has 1 rings (SSSR count). The molecule has 0 aromatic heterocycles. The number of ether oxygens (including phenoxy) is 1. The summed E-state index contributed by atoms with van der Waals surface area (Å²) in [5, 5.41) is 60.0. The first-order chi connectivity index (χ1) is 13.5. The number of carboxylic acids is 5. The molecule has 1 fully saturated rings. The van der Waals surface area contributed by atoms with Gasteiger partial charge in [-0.15, -0.1) is 0 Å². The van der Waals surface area contributed by atoms with E-state index in [-0.39, 0.29) is 0 Å². The molecule has 14 nitrogen and oxygen atoms in total. The van der Waals surface area contributed by atoms with Crippen molar-refractivity contribution < 1.29 is 64.1 Å². The lowest BCUT2D eigenvalue weighted by Crippen LogP contribution is -2.75. The zero-order valence-corrected chi connectivity index (χ0v) is 16.0. The van der Waals surface area contributed by atoms with Crippen LogP contribution in [0, 0.1) is 16.7 Å². The number of hydrogen-bond donors (Lipinski definition) is 7. The average molecular weight is 435 g/mol. The normalized spacial score (nSPS) is 24.9. The summed E-state index contributed by atoms with van der Waals surface area (Å²) in [7, 11) is 0. The van der Waals surface area contributed by atoms with Crippen LogP contribution in [0.1, 0.15) is 27.2 Å². The topological polar surface area (TPSA) is 245 Å². The van der Waals surface area contributed by atoms with Crippen LogP contribution in [-0.2, 0) is 28.7 Å². The van der Waals surface area contributed by atoms with E-state index in [4.69, 9.17) is 4.74 Å². The van der Waals surface area contributed by atoms with Crippen LogP contribution < -0.4 is 5.32 Å². The number of rotatable bonds is 6. The first kappa shape index (κ1) is 24.6. The second-order valence-corrected chi connectivity index (χ2v) is 7.70. The predicted molar refractivity (Wildman–Crippen MR) is 90.3 cm³/mol. The van der Waals surface area contributed by atoms with E-state index in [1.165, 1.54) is 20.8 Å². The molecule has 0 bridgehead atoms. The van der Waals surface area contributed by atoms with Gasteiger partial charge in [-0.1, -0.05) is 0 Å². The molecule has 0 aromatic rings. The third-order valence-electron chi connectivity index (χ3n) is 4.82. The fraction of sp³-hybridized carbons (Fsp3) is 0.625. The average Bonchev–Trinajstić information content (AvgIpc) is 2.52. The lowest BCUT2D eigenvalue weighted by molar-refractivity contribution is -0.220. The second-order valence-electron chi connectivity index (χ2n) is 7.70. The van der Waals surface area contributed by atoms with E-state index >= 15 is 0 Å². The van der Waals surface area contributed by atoms with Crippen LogP contribution in [-0.4, -0.2) is 84.3 Å². The summed E-state index contributed by atoms with van der Waals surface area (Å²) in [4.78, 5) is 71.3. The van der Waals surface area contributed by atoms with E-state index < -0.39 is 76.9 Å². The van der Waals surface area contributed by atoms with Crippen molar-refractivity contribution in [3.05, 3.63) is 0 Å². The second kappa shape index (κ2) is 7.78. The Morgan fingerprint density at radius 1 is 0.867 bits per heavy atom. The Labute approximate surface area is 168 Å². The van der Waals surface area contributed by atoms with Crippen molar-refractivity contribution in [3.8, 4) is 0 Å². The van der Waals surface area contributed by atoms with E-state index in [2.05, 4.69) is 0 Å². The first-order valence-corrected chi connectivity index (χ1v) is 8.30. The molecule has 168 valence electrons. The fourth-order valence-electron chi connectivity index (χ4n) is 3.54. The summed E-state index contributed by atoms with van der Waals surface area (Å²) in [5.41, 5.74) is -8.86. The van der Waals surface area contributed by atoms with Crippen molar-refractivity contribution in [1.29, 1.82) is 0 Å². The number of amides is 1. The number of nitrogens with one attached hydrogen (secondary N) is 1. The SMILES string of the molecule is CC(C)(C)OC(=O)N[C@H]1C(C(=O)O)CC(C(=O)O)(C(=O)O)C(C(=O)O)(C(=O)O)[C@@H]1O. The van der Waals surface area contributed by atoms with Gasteiger partial charge in [-0.3, -0.25) is 24.0 Å². The summed E-state index contributed by atoms with van der Waals surface area (Å²) in [6, 6.07) is -2.21. The van der Waals surface area contributed by atoms with Gasteiger partial charge in [-0.25, -0.2) is 4.79 Å². The molecule has 1 aliphatic carbocycles. The minimum Gasteiger partial charge on any atom is -0.481 e. The number of carbonyl (C=O) groups excluding carboxylic acids is 1. The monoisotopic (exact) mass is 435 g/mol. The number of hydrogen-bond acceptors (Lipinski definition) is 8. The largest absolute Gasteiger partial charge is 0.481 e. The van der Waals surface area contributed by atoms with Crippen LogP contribution in [0.15, 0.2) is 0 Å². The van der Waals surface area contributed by atoms with Crippen LogP contribution in [0.2, 0.25) is 0 Å². The van der Waals surface area contributed by atoms with E-state index in [9.17, 15) is 59.4 Å². The van der Waals surface area contributed by atoms with E-state index in [0.717, 1.165) is 0 Å². The zero-order chi connectivity index (χ0) is 23.8. The first-order valence-electron chi connectivity index (χ1n) is 8.30. The molecule has 0 aliphatic heterocycles. The smallest absolute Gasteiger partial charge is 0.407 e. The maximum Gasteiger partial charge on any atom is 0.407 e. The van der Waals surface area contributed by atoms with E-state index in [1.54, 1.807) is 0 Å². The third-order valence-corrected chi connectivity index (χ3v) is 4.82. The van der Waals surface area contributed by atoms with Gasteiger partial charge in [0.25, 0.3) is 0 Å². The van der Waals surface area contributed by atoms with Gasteiger partial charge in [-0.05, 0) is 27.2 Å². The number of aliphatic hydroxyl groups excluding tert-OH is 1. The summed E-state index contributed by atoms with van der Waals surface area (Å²) in [6.07, 6.45) is -5.92. The van der Waals surface area contributed by atoms with Gasteiger partial charge in [0, 0.05) is 0 Å². The highest BCUT2D eigenvalue weighted by Crippen LogP contribution is 2.54. The minimum absolute atomic E-state index is 1.13. The molecule has 30 heavy (non-hydrogen) atoms. The maximum atomic E-state index is 12.1. The maximum absolute atomic E-state index is 12.1. The molecule has 14 heteroatoms. The van der Waals surface area contributed by atoms with Gasteiger partial charge >= 0.3 is 35.9 Å². The highest BCUT2D eigenvalue weighted by atomic mass is 16.6. The van der Waals surface area contributed by atoms with Crippen molar-refractivity contribution in [3.63, 3.8) is 0 Å². The molecule has 0 saturated heterocycles. The van der Waals surface area contributed by atoms with Crippen LogP contribution in [0.25, 0.3) is 0 Å². The number of carbonyl (C=O) groups is 6. The quantitative estimate of drug-likeness (QED) is 0.239. The highest BCUT2D eigenvalue weighted by molar-refractivity contribution is 6.14. The Morgan fingerprint density at radius 3 is 1.60 bits per heavy atom. The van der Waals surface area contributed by atoms with Gasteiger partial charge in [0.2, 0.25) is 5.41 Å². The molecule has 7 N–H and O–H groups in total. The number of aliphatic hydroxyl groups is 1.